The van der Waals surface area contributed by atoms with Crippen LogP contribution in [0.4, 0.5) is 0 Å². The van der Waals surface area contributed by atoms with E-state index >= 15 is 0 Å². The van der Waals surface area contributed by atoms with E-state index in [4.69, 9.17) is 4.74 Å². The molecule has 1 aliphatic heterocycles. The van der Waals surface area contributed by atoms with Gasteiger partial charge in [-0.25, -0.2) is 0 Å². The fourth-order valence-electron chi connectivity index (χ4n) is 2.34. The van der Waals surface area contributed by atoms with Crippen LogP contribution in [0.3, 0.4) is 0 Å². The van der Waals surface area contributed by atoms with Crippen molar-refractivity contribution in [2.24, 2.45) is 5.92 Å². The van der Waals surface area contributed by atoms with Crippen LogP contribution in [0.15, 0.2) is 0 Å². The molecule has 0 N–H and O–H groups in total. The highest BCUT2D eigenvalue weighted by atomic mass is 32.2. The second-order valence-corrected chi connectivity index (χ2v) is 7.35. The van der Waals surface area contributed by atoms with Gasteiger partial charge in [0.2, 0.25) is 0 Å². The van der Waals surface area contributed by atoms with Crippen molar-refractivity contribution in [1.29, 1.82) is 0 Å². The van der Waals surface area contributed by atoms with E-state index in [2.05, 4.69) is 23.5 Å². The molecule has 2 fully saturated rings. The van der Waals surface area contributed by atoms with Crippen LogP contribution in [0.5, 0.6) is 0 Å². The molecule has 0 unspecified atom stereocenters. The van der Waals surface area contributed by atoms with E-state index in [0.29, 0.717) is 10.7 Å². The van der Waals surface area contributed by atoms with Crippen LogP contribution in [-0.4, -0.2) is 28.2 Å². The summed E-state index contributed by atoms with van der Waals surface area (Å²) < 4.78 is 5.54. The lowest BCUT2D eigenvalue weighted by Gasteiger charge is -2.34. The number of carbonyl (C=O) groups excluding carboxylic acids is 1. The Morgan fingerprint density at radius 2 is 1.93 bits per heavy atom. The van der Waals surface area contributed by atoms with Gasteiger partial charge in [-0.05, 0) is 32.6 Å². The van der Waals surface area contributed by atoms with Gasteiger partial charge in [0.15, 0.2) is 0 Å². The Hall–Kier alpha value is 0.170. The minimum atomic E-state index is 0.0281. The number of rotatable bonds is 2. The van der Waals surface area contributed by atoms with Gasteiger partial charge in [0.05, 0.1) is 16.6 Å². The normalized spacial score (nSPS) is 25.7. The van der Waals surface area contributed by atoms with Gasteiger partial charge < -0.3 is 4.74 Å². The maximum absolute atomic E-state index is 11.6. The SMILES string of the molecule is CCOC(=O)C1CCC2(CC1)SCCS2. The molecule has 2 rings (SSSR count). The van der Waals surface area contributed by atoms with E-state index in [1.807, 2.05) is 6.92 Å². The van der Waals surface area contributed by atoms with Crippen molar-refractivity contribution in [3.63, 3.8) is 0 Å². The predicted molar refractivity (Wildman–Crippen MR) is 66.2 cm³/mol. The van der Waals surface area contributed by atoms with Crippen LogP contribution in [0, 0.1) is 5.92 Å². The molecule has 1 spiro atoms. The molecule has 2 nitrogen and oxygen atoms in total. The summed E-state index contributed by atoms with van der Waals surface area (Å²) in [4.78, 5) is 11.6. The van der Waals surface area contributed by atoms with Gasteiger partial charge in [-0.2, -0.15) is 0 Å². The molecule has 0 amide bonds. The summed E-state index contributed by atoms with van der Waals surface area (Å²) in [5.41, 5.74) is 0. The van der Waals surface area contributed by atoms with Crippen LogP contribution in [0.2, 0.25) is 0 Å². The molecule has 0 atom stereocenters. The molecule has 0 bridgehead atoms. The molecule has 1 saturated heterocycles. The quantitative estimate of drug-likeness (QED) is 0.700. The van der Waals surface area contributed by atoms with Gasteiger partial charge in [-0.1, -0.05) is 0 Å². The number of carbonyl (C=O) groups is 1. The van der Waals surface area contributed by atoms with Gasteiger partial charge >= 0.3 is 5.97 Å². The molecule has 0 aromatic rings. The highest BCUT2D eigenvalue weighted by molar-refractivity contribution is 8.21. The fraction of sp³-hybridized carbons (Fsp3) is 0.909. The summed E-state index contributed by atoms with van der Waals surface area (Å²) in [6.45, 7) is 2.40. The number of thioether (sulfide) groups is 2. The minimum absolute atomic E-state index is 0.0281. The number of hydrogen-bond acceptors (Lipinski definition) is 4. The fourth-order valence-corrected chi connectivity index (χ4v) is 5.63. The number of esters is 1. The lowest BCUT2D eigenvalue weighted by atomic mass is 9.88. The maximum atomic E-state index is 11.6. The van der Waals surface area contributed by atoms with Crippen molar-refractivity contribution in [2.75, 3.05) is 18.1 Å². The molecular weight excluding hydrogens is 228 g/mol. The van der Waals surface area contributed by atoms with Crippen LogP contribution in [-0.2, 0) is 9.53 Å². The summed E-state index contributed by atoms with van der Waals surface area (Å²) in [7, 11) is 0. The van der Waals surface area contributed by atoms with E-state index in [0.717, 1.165) is 12.8 Å². The van der Waals surface area contributed by atoms with Gasteiger partial charge in [-0.15, -0.1) is 23.5 Å². The topological polar surface area (TPSA) is 26.3 Å². The summed E-state index contributed by atoms with van der Waals surface area (Å²) in [6, 6.07) is 0. The first-order valence-electron chi connectivity index (χ1n) is 5.70. The summed E-state index contributed by atoms with van der Waals surface area (Å²) >= 11 is 4.21. The molecule has 0 aromatic heterocycles. The average molecular weight is 246 g/mol. The number of ether oxygens (including phenoxy) is 1. The second kappa shape index (κ2) is 5.00. The molecule has 1 aliphatic carbocycles. The highest BCUT2D eigenvalue weighted by Crippen LogP contribution is 2.53. The van der Waals surface area contributed by atoms with E-state index in [-0.39, 0.29) is 11.9 Å². The maximum Gasteiger partial charge on any atom is 0.308 e. The first-order valence-corrected chi connectivity index (χ1v) is 7.67. The van der Waals surface area contributed by atoms with Gasteiger partial charge in [0, 0.05) is 11.5 Å². The largest absolute Gasteiger partial charge is 0.466 e. The van der Waals surface area contributed by atoms with E-state index < -0.39 is 0 Å². The van der Waals surface area contributed by atoms with Crippen LogP contribution >= 0.6 is 23.5 Å². The van der Waals surface area contributed by atoms with Crippen molar-refractivity contribution < 1.29 is 9.53 Å². The summed E-state index contributed by atoms with van der Waals surface area (Å²) in [5.74, 6) is 2.78. The van der Waals surface area contributed by atoms with Crippen molar-refractivity contribution in [3.05, 3.63) is 0 Å². The van der Waals surface area contributed by atoms with E-state index in [1.165, 1.54) is 24.3 Å². The first-order chi connectivity index (χ1) is 7.26. The first kappa shape index (κ1) is 11.6. The molecule has 0 aromatic carbocycles. The smallest absolute Gasteiger partial charge is 0.308 e. The average Bonchev–Trinajstić information content (AvgIpc) is 2.68. The zero-order valence-electron chi connectivity index (χ0n) is 9.16. The Labute approximate surface area is 99.9 Å². The zero-order valence-corrected chi connectivity index (χ0v) is 10.8. The molecule has 1 heterocycles. The summed E-state index contributed by atoms with van der Waals surface area (Å²) in [6.07, 6.45) is 4.43. The predicted octanol–water partition coefficient (Wildman–Crippen LogP) is 2.92. The van der Waals surface area contributed by atoms with Crippen LogP contribution in [0.25, 0.3) is 0 Å². The van der Waals surface area contributed by atoms with Gasteiger partial charge in [0.25, 0.3) is 0 Å². The van der Waals surface area contributed by atoms with E-state index in [1.54, 1.807) is 0 Å². The Bertz CT molecular complexity index is 227. The van der Waals surface area contributed by atoms with Crippen LogP contribution < -0.4 is 0 Å². The highest BCUT2D eigenvalue weighted by Gasteiger charge is 2.41. The molecule has 86 valence electrons. The Morgan fingerprint density at radius 1 is 1.33 bits per heavy atom. The van der Waals surface area contributed by atoms with Gasteiger partial charge in [0.1, 0.15) is 0 Å². The molecule has 4 heteroatoms. The third kappa shape index (κ3) is 2.64. The molecule has 0 radical (unpaired) electrons. The minimum Gasteiger partial charge on any atom is -0.466 e. The lowest BCUT2D eigenvalue weighted by molar-refractivity contribution is -0.149. The Kier molecular flexibility index (Phi) is 3.88. The molecule has 2 aliphatic rings. The molecule has 1 saturated carbocycles. The number of hydrogen-bond donors (Lipinski definition) is 0. The molecular formula is C11H18O2S2. The van der Waals surface area contributed by atoms with E-state index in [9.17, 15) is 4.79 Å². The third-order valence-electron chi connectivity index (χ3n) is 3.18. The zero-order chi connectivity index (χ0) is 10.7. The van der Waals surface area contributed by atoms with Crippen molar-refractivity contribution in [3.8, 4) is 0 Å². The van der Waals surface area contributed by atoms with Crippen LogP contribution in [0.1, 0.15) is 32.6 Å². The lowest BCUT2D eigenvalue weighted by Crippen LogP contribution is -2.30. The van der Waals surface area contributed by atoms with Gasteiger partial charge in [-0.3, -0.25) is 4.79 Å². The molecule has 15 heavy (non-hydrogen) atoms. The van der Waals surface area contributed by atoms with Crippen molar-refractivity contribution >= 4 is 29.5 Å². The Morgan fingerprint density at radius 3 is 2.47 bits per heavy atom. The Balaban J connectivity index is 1.83. The third-order valence-corrected chi connectivity index (χ3v) is 6.83. The second-order valence-electron chi connectivity index (χ2n) is 4.13. The monoisotopic (exact) mass is 246 g/mol. The van der Waals surface area contributed by atoms with Crippen molar-refractivity contribution in [1.82, 2.24) is 0 Å². The standard InChI is InChI=1S/C11H18O2S2/c1-2-13-10(12)9-3-5-11(6-4-9)14-7-8-15-11/h9H,2-8H2,1H3. The van der Waals surface area contributed by atoms with Crippen molar-refractivity contribution in [2.45, 2.75) is 36.7 Å². The summed E-state index contributed by atoms with van der Waals surface area (Å²) in [5, 5.41) is 0.